The van der Waals surface area contributed by atoms with Gasteiger partial charge in [0.15, 0.2) is 0 Å². The molecule has 1 unspecified atom stereocenters. The van der Waals surface area contributed by atoms with Crippen LogP contribution in [0.2, 0.25) is 0 Å². The molecule has 0 spiro atoms. The van der Waals surface area contributed by atoms with Crippen molar-refractivity contribution in [3.63, 3.8) is 0 Å². The summed E-state index contributed by atoms with van der Waals surface area (Å²) in [5, 5.41) is 12.7. The normalized spacial score (nSPS) is 16.6. The van der Waals surface area contributed by atoms with Gasteiger partial charge in [-0.05, 0) is 29.8 Å². The molecule has 0 aliphatic carbocycles. The molecular formula is C21H20N6O. The largest absolute Gasteiger partial charge is 0.339 e. The zero-order chi connectivity index (χ0) is 19.5. The van der Waals surface area contributed by atoms with Crippen molar-refractivity contribution in [2.75, 3.05) is 24.5 Å². The van der Waals surface area contributed by atoms with Gasteiger partial charge < -0.3 is 10.2 Å². The van der Waals surface area contributed by atoms with Crippen molar-refractivity contribution in [3.8, 4) is 17.3 Å². The fourth-order valence-corrected chi connectivity index (χ4v) is 3.46. The second-order valence-corrected chi connectivity index (χ2v) is 6.76. The number of aromatic nitrogens is 3. The third-order valence-electron chi connectivity index (χ3n) is 4.96. The molecule has 140 valence electrons. The highest BCUT2D eigenvalue weighted by Crippen LogP contribution is 2.23. The van der Waals surface area contributed by atoms with Gasteiger partial charge in [-0.2, -0.15) is 5.26 Å². The maximum Gasteiger partial charge on any atom is 0.255 e. The second-order valence-electron chi connectivity index (χ2n) is 6.76. The number of pyridine rings is 1. The molecule has 1 aliphatic rings. The highest BCUT2D eigenvalue weighted by atomic mass is 16.1. The molecule has 1 aromatic carbocycles. The van der Waals surface area contributed by atoms with Gasteiger partial charge in [0.2, 0.25) is 5.95 Å². The van der Waals surface area contributed by atoms with Crippen LogP contribution in [0.3, 0.4) is 0 Å². The average Bonchev–Trinajstić information content (AvgIpc) is 2.76. The standard InChI is InChI=1S/C21H20N6O/c1-26-20(28)12-18(16-5-7-23-8-6-16)25-21(26)27-10-9-24-19(14-27)17-4-2-3-15(11-17)13-22/h2-8,11-12,19,24H,9-10,14H2,1H3. The molecule has 1 atom stereocenters. The minimum Gasteiger partial charge on any atom is -0.339 e. The highest BCUT2D eigenvalue weighted by molar-refractivity contribution is 5.59. The monoisotopic (exact) mass is 372 g/mol. The first-order valence-electron chi connectivity index (χ1n) is 9.12. The topological polar surface area (TPSA) is 86.8 Å². The van der Waals surface area contributed by atoms with Crippen LogP contribution in [0.25, 0.3) is 11.3 Å². The van der Waals surface area contributed by atoms with E-state index in [0.29, 0.717) is 23.8 Å². The van der Waals surface area contributed by atoms with Crippen LogP contribution in [0.15, 0.2) is 59.7 Å². The summed E-state index contributed by atoms with van der Waals surface area (Å²) in [5.74, 6) is 0.641. The van der Waals surface area contributed by atoms with Crippen LogP contribution in [-0.4, -0.2) is 34.2 Å². The van der Waals surface area contributed by atoms with Crippen LogP contribution in [0.1, 0.15) is 17.2 Å². The molecule has 1 saturated heterocycles. The Labute approximate surface area is 162 Å². The van der Waals surface area contributed by atoms with Gasteiger partial charge in [0.1, 0.15) is 0 Å². The Morgan fingerprint density at radius 1 is 1.21 bits per heavy atom. The second kappa shape index (κ2) is 7.62. The molecule has 28 heavy (non-hydrogen) atoms. The molecular weight excluding hydrogens is 352 g/mol. The molecule has 1 N–H and O–H groups in total. The summed E-state index contributed by atoms with van der Waals surface area (Å²) in [4.78, 5) is 23.5. The Morgan fingerprint density at radius 3 is 2.82 bits per heavy atom. The molecule has 2 aromatic heterocycles. The molecule has 0 bridgehead atoms. The van der Waals surface area contributed by atoms with E-state index in [1.807, 2.05) is 30.3 Å². The number of hydrogen-bond donors (Lipinski definition) is 1. The van der Waals surface area contributed by atoms with E-state index in [0.717, 1.165) is 24.2 Å². The predicted octanol–water partition coefficient (Wildman–Crippen LogP) is 1.86. The van der Waals surface area contributed by atoms with E-state index in [4.69, 9.17) is 10.2 Å². The quantitative estimate of drug-likeness (QED) is 0.755. The van der Waals surface area contributed by atoms with Crippen LogP contribution in [0.5, 0.6) is 0 Å². The van der Waals surface area contributed by atoms with E-state index >= 15 is 0 Å². The predicted molar refractivity (Wildman–Crippen MR) is 107 cm³/mol. The van der Waals surface area contributed by atoms with Crippen LogP contribution in [-0.2, 0) is 7.05 Å². The Kier molecular flexibility index (Phi) is 4.87. The maximum absolute atomic E-state index is 12.5. The smallest absolute Gasteiger partial charge is 0.255 e. The van der Waals surface area contributed by atoms with Gasteiger partial charge in [-0.15, -0.1) is 0 Å². The van der Waals surface area contributed by atoms with E-state index in [1.165, 1.54) is 0 Å². The van der Waals surface area contributed by atoms with E-state index in [9.17, 15) is 4.79 Å². The number of benzene rings is 1. The first-order chi connectivity index (χ1) is 13.7. The molecule has 7 nitrogen and oxygen atoms in total. The van der Waals surface area contributed by atoms with Crippen LogP contribution >= 0.6 is 0 Å². The Balaban J connectivity index is 1.67. The van der Waals surface area contributed by atoms with Crippen LogP contribution in [0, 0.1) is 11.3 Å². The van der Waals surface area contributed by atoms with Gasteiger partial charge in [0.05, 0.1) is 17.3 Å². The minimum absolute atomic E-state index is 0.0588. The van der Waals surface area contributed by atoms with Crippen molar-refractivity contribution < 1.29 is 0 Å². The summed E-state index contributed by atoms with van der Waals surface area (Å²) in [5.41, 5.74) is 3.10. The van der Waals surface area contributed by atoms with E-state index in [2.05, 4.69) is 21.3 Å². The van der Waals surface area contributed by atoms with Crippen LogP contribution in [0.4, 0.5) is 5.95 Å². The lowest BCUT2D eigenvalue weighted by Gasteiger charge is -2.35. The molecule has 3 heterocycles. The van der Waals surface area contributed by atoms with E-state index < -0.39 is 0 Å². The van der Waals surface area contributed by atoms with Gasteiger partial charge in [-0.25, -0.2) is 4.98 Å². The van der Waals surface area contributed by atoms with Crippen molar-refractivity contribution in [1.82, 2.24) is 19.9 Å². The highest BCUT2D eigenvalue weighted by Gasteiger charge is 2.24. The fraction of sp³-hybridized carbons (Fsp3) is 0.238. The number of nitrogens with one attached hydrogen (secondary N) is 1. The number of nitriles is 1. The number of nitrogens with zero attached hydrogens (tertiary/aromatic N) is 5. The first kappa shape index (κ1) is 17.9. The molecule has 0 saturated carbocycles. The van der Waals surface area contributed by atoms with Gasteiger partial charge >= 0.3 is 0 Å². The zero-order valence-electron chi connectivity index (χ0n) is 15.5. The van der Waals surface area contributed by atoms with Gasteiger partial charge in [-0.3, -0.25) is 14.3 Å². The Morgan fingerprint density at radius 2 is 2.04 bits per heavy atom. The number of hydrogen-bond acceptors (Lipinski definition) is 6. The minimum atomic E-state index is -0.0987. The molecule has 0 radical (unpaired) electrons. The van der Waals surface area contributed by atoms with Crippen molar-refractivity contribution in [1.29, 1.82) is 5.26 Å². The zero-order valence-corrected chi connectivity index (χ0v) is 15.5. The van der Waals surface area contributed by atoms with E-state index in [1.54, 1.807) is 36.1 Å². The number of anilines is 1. The number of piperazine rings is 1. The number of rotatable bonds is 3. The van der Waals surface area contributed by atoms with Gasteiger partial charge in [0.25, 0.3) is 5.56 Å². The first-order valence-corrected chi connectivity index (χ1v) is 9.12. The molecule has 7 heteroatoms. The van der Waals surface area contributed by atoms with Crippen LogP contribution < -0.4 is 15.8 Å². The lowest BCUT2D eigenvalue weighted by molar-refractivity contribution is 0.462. The molecule has 1 aliphatic heterocycles. The summed E-state index contributed by atoms with van der Waals surface area (Å²) in [6.07, 6.45) is 3.38. The summed E-state index contributed by atoms with van der Waals surface area (Å²) < 4.78 is 1.58. The SMILES string of the molecule is Cn1c(N2CCNC(c3cccc(C#N)c3)C2)nc(-c2ccncc2)cc1=O. The lowest BCUT2D eigenvalue weighted by atomic mass is 10.0. The summed E-state index contributed by atoms with van der Waals surface area (Å²) in [6.45, 7) is 2.17. The molecule has 4 rings (SSSR count). The van der Waals surface area contributed by atoms with Crippen molar-refractivity contribution >= 4 is 5.95 Å². The molecule has 1 fully saturated rings. The molecule has 3 aromatic rings. The van der Waals surface area contributed by atoms with Crippen molar-refractivity contribution in [2.45, 2.75) is 6.04 Å². The third-order valence-corrected chi connectivity index (χ3v) is 4.96. The lowest BCUT2D eigenvalue weighted by Crippen LogP contribution is -2.47. The average molecular weight is 372 g/mol. The molecule has 0 amide bonds. The summed E-state index contributed by atoms with van der Waals surface area (Å²) in [6, 6.07) is 15.1. The fourth-order valence-electron chi connectivity index (χ4n) is 3.46. The third kappa shape index (κ3) is 3.50. The maximum atomic E-state index is 12.5. The summed E-state index contributed by atoms with van der Waals surface area (Å²) in [7, 11) is 1.74. The van der Waals surface area contributed by atoms with Gasteiger partial charge in [0, 0.05) is 56.7 Å². The summed E-state index contributed by atoms with van der Waals surface area (Å²) >= 11 is 0. The Bertz CT molecular complexity index is 1090. The van der Waals surface area contributed by atoms with Crippen molar-refractivity contribution in [3.05, 3.63) is 76.3 Å². The van der Waals surface area contributed by atoms with Crippen molar-refractivity contribution in [2.24, 2.45) is 7.05 Å². The van der Waals surface area contributed by atoms with Gasteiger partial charge in [-0.1, -0.05) is 12.1 Å². The Hall–Kier alpha value is -3.50. The van der Waals surface area contributed by atoms with E-state index in [-0.39, 0.29) is 11.6 Å².